The van der Waals surface area contributed by atoms with E-state index in [1.807, 2.05) is 24.3 Å². The summed E-state index contributed by atoms with van der Waals surface area (Å²) >= 11 is 3.46. The maximum Gasteiger partial charge on any atom is 0.239 e. The van der Waals surface area contributed by atoms with E-state index >= 15 is 0 Å². The Bertz CT molecular complexity index is 1540. The van der Waals surface area contributed by atoms with Gasteiger partial charge in [-0.1, -0.05) is 12.1 Å². The minimum Gasteiger partial charge on any atom is -0.359 e. The van der Waals surface area contributed by atoms with Crippen LogP contribution in [0.1, 0.15) is 31.2 Å². The predicted molar refractivity (Wildman–Crippen MR) is 141 cm³/mol. The Morgan fingerprint density at radius 3 is 2.89 bits per heavy atom. The lowest BCUT2D eigenvalue weighted by molar-refractivity contribution is -0.132. The Hall–Kier alpha value is -3.98. The van der Waals surface area contributed by atoms with E-state index < -0.39 is 18.3 Å². The molecular weight excluding hydrogens is 558 g/mol. The third-order valence-corrected chi connectivity index (χ3v) is 7.50. The van der Waals surface area contributed by atoms with E-state index in [9.17, 15) is 18.8 Å². The molecule has 1 aliphatic rings. The van der Waals surface area contributed by atoms with Gasteiger partial charge in [0.25, 0.3) is 0 Å². The van der Waals surface area contributed by atoms with Gasteiger partial charge in [0.05, 0.1) is 28.1 Å². The molecule has 194 valence electrons. The van der Waals surface area contributed by atoms with Crippen molar-refractivity contribution in [3.8, 4) is 22.9 Å². The molecule has 9 nitrogen and oxygen atoms in total. The molecule has 1 aliphatic carbocycles. The first kappa shape index (κ1) is 25.7. The average molecular weight is 581 g/mol. The zero-order valence-electron chi connectivity index (χ0n) is 20.3. The zero-order valence-corrected chi connectivity index (χ0v) is 21.9. The SMILES string of the molecule is CNC(=O)[C@]1(CC(F)F)CC[C@@H](Nc2ncc3c(Br)nn(-c4ccc(-c5cccnc5)c(C#N)c4)c3n2)C1. The molecule has 38 heavy (non-hydrogen) atoms. The van der Waals surface area contributed by atoms with E-state index in [1.165, 1.54) is 7.05 Å². The summed E-state index contributed by atoms with van der Waals surface area (Å²) in [6.07, 6.45) is 3.06. The van der Waals surface area contributed by atoms with Gasteiger partial charge in [-0.3, -0.25) is 9.78 Å². The fourth-order valence-corrected chi connectivity index (χ4v) is 5.56. The fourth-order valence-electron chi connectivity index (χ4n) is 5.13. The van der Waals surface area contributed by atoms with Crippen molar-refractivity contribution in [3.05, 3.63) is 59.1 Å². The van der Waals surface area contributed by atoms with Crippen LogP contribution in [0.3, 0.4) is 0 Å². The van der Waals surface area contributed by atoms with Gasteiger partial charge in [0, 0.05) is 49.2 Å². The normalized spacial score (nSPS) is 19.0. The number of carbonyl (C=O) groups is 1. The number of carbonyl (C=O) groups excluding carboxylic acids is 1. The van der Waals surface area contributed by atoms with E-state index in [0.29, 0.717) is 45.7 Å². The number of hydrogen-bond acceptors (Lipinski definition) is 7. The summed E-state index contributed by atoms with van der Waals surface area (Å²) in [5, 5.41) is 20.8. The van der Waals surface area contributed by atoms with E-state index in [1.54, 1.807) is 29.3 Å². The number of fused-ring (bicyclic) bond motifs is 1. The minimum atomic E-state index is -2.58. The van der Waals surface area contributed by atoms with Crippen LogP contribution in [-0.2, 0) is 4.79 Å². The number of rotatable bonds is 7. The molecule has 2 atom stereocenters. The maximum absolute atomic E-state index is 13.3. The van der Waals surface area contributed by atoms with Gasteiger partial charge in [-0.2, -0.15) is 15.3 Å². The van der Waals surface area contributed by atoms with Gasteiger partial charge in [-0.15, -0.1) is 0 Å². The van der Waals surface area contributed by atoms with Crippen molar-refractivity contribution in [2.45, 2.75) is 38.2 Å². The van der Waals surface area contributed by atoms with E-state index in [0.717, 1.165) is 11.1 Å². The number of amides is 1. The van der Waals surface area contributed by atoms with Crippen LogP contribution >= 0.6 is 15.9 Å². The van der Waals surface area contributed by atoms with Crippen LogP contribution < -0.4 is 10.6 Å². The van der Waals surface area contributed by atoms with Crippen LogP contribution in [0.15, 0.2) is 53.5 Å². The van der Waals surface area contributed by atoms with E-state index in [2.05, 4.69) is 52.7 Å². The van der Waals surface area contributed by atoms with E-state index in [4.69, 9.17) is 0 Å². The highest BCUT2D eigenvalue weighted by Crippen LogP contribution is 2.44. The van der Waals surface area contributed by atoms with Gasteiger partial charge < -0.3 is 10.6 Å². The summed E-state index contributed by atoms with van der Waals surface area (Å²) in [5.41, 5.74) is 2.03. The Balaban J connectivity index is 1.45. The lowest BCUT2D eigenvalue weighted by Crippen LogP contribution is -2.39. The number of nitrogens with zero attached hydrogens (tertiary/aromatic N) is 6. The third-order valence-electron chi connectivity index (χ3n) is 6.92. The Morgan fingerprint density at radius 1 is 1.34 bits per heavy atom. The van der Waals surface area contributed by atoms with E-state index in [-0.39, 0.29) is 18.4 Å². The molecule has 0 saturated heterocycles. The highest BCUT2D eigenvalue weighted by atomic mass is 79.9. The van der Waals surface area contributed by atoms with Crippen LogP contribution in [0.25, 0.3) is 27.8 Å². The van der Waals surface area contributed by atoms with Crippen molar-refractivity contribution >= 4 is 38.8 Å². The molecular formula is C26H23BrF2N8O. The molecule has 0 aliphatic heterocycles. The van der Waals surface area contributed by atoms with Crippen molar-refractivity contribution in [1.82, 2.24) is 30.0 Å². The molecule has 2 N–H and O–H groups in total. The highest BCUT2D eigenvalue weighted by Gasteiger charge is 2.46. The number of aromatic nitrogens is 5. The van der Waals surface area contributed by atoms with Crippen LogP contribution in [-0.4, -0.2) is 50.2 Å². The van der Waals surface area contributed by atoms with Gasteiger partial charge >= 0.3 is 0 Å². The lowest BCUT2D eigenvalue weighted by atomic mass is 9.81. The first-order valence-electron chi connectivity index (χ1n) is 12.0. The first-order valence-corrected chi connectivity index (χ1v) is 12.8. The summed E-state index contributed by atoms with van der Waals surface area (Å²) in [6, 6.07) is 11.1. The molecule has 0 bridgehead atoms. The van der Waals surface area contributed by atoms with Gasteiger partial charge in [-0.25, -0.2) is 18.4 Å². The molecule has 1 fully saturated rings. The Labute approximate surface area is 225 Å². The molecule has 3 heterocycles. The molecule has 0 radical (unpaired) electrons. The van der Waals surface area contributed by atoms with Gasteiger partial charge in [0.1, 0.15) is 4.60 Å². The van der Waals surface area contributed by atoms with Crippen molar-refractivity contribution < 1.29 is 13.6 Å². The maximum atomic E-state index is 13.3. The van der Waals surface area contributed by atoms with Crippen LogP contribution in [0.5, 0.6) is 0 Å². The van der Waals surface area contributed by atoms with Gasteiger partial charge in [0.15, 0.2) is 5.65 Å². The Morgan fingerprint density at radius 2 is 2.18 bits per heavy atom. The average Bonchev–Trinajstić information content (AvgIpc) is 3.48. The standard InChI is InChI=1S/C26H23BrF2N8O/c1-31-24(38)26(11-21(28)29)7-6-17(10-26)34-25-33-14-20-22(27)36-37(23(20)35-25)18-4-5-19(16(9-18)12-30)15-3-2-8-32-13-15/h2-5,8-9,13-14,17,21H,6-7,10-11H2,1H3,(H,31,38)(H,33,34,35)/t17-,26-/m1/s1. The molecule has 0 spiro atoms. The van der Waals surface area contributed by atoms with Crippen molar-refractivity contribution in [2.75, 3.05) is 12.4 Å². The number of hydrogen-bond donors (Lipinski definition) is 2. The fraction of sp³-hybridized carbons (Fsp3) is 0.308. The predicted octanol–water partition coefficient (Wildman–Crippen LogP) is 4.86. The number of nitriles is 1. The summed E-state index contributed by atoms with van der Waals surface area (Å²) in [7, 11) is 1.47. The van der Waals surface area contributed by atoms with Crippen molar-refractivity contribution in [2.24, 2.45) is 5.41 Å². The zero-order chi connectivity index (χ0) is 26.9. The molecule has 12 heteroatoms. The summed E-state index contributed by atoms with van der Waals surface area (Å²) in [6.45, 7) is 0. The second-order valence-corrected chi connectivity index (χ2v) is 10.0. The molecule has 3 aromatic heterocycles. The van der Waals surface area contributed by atoms with Gasteiger partial charge in [0.2, 0.25) is 18.3 Å². The number of anilines is 1. The van der Waals surface area contributed by atoms with Crippen LogP contribution in [0, 0.1) is 16.7 Å². The third kappa shape index (κ3) is 4.81. The molecule has 0 unspecified atom stereocenters. The second-order valence-electron chi connectivity index (χ2n) is 9.26. The summed E-state index contributed by atoms with van der Waals surface area (Å²) in [5.74, 6) is -0.0723. The van der Waals surface area contributed by atoms with Gasteiger partial charge in [-0.05, 0) is 53.4 Å². The number of nitrogens with one attached hydrogen (secondary N) is 2. The van der Waals surface area contributed by atoms with Crippen LogP contribution in [0.2, 0.25) is 0 Å². The minimum absolute atomic E-state index is 0.243. The quantitative estimate of drug-likeness (QED) is 0.320. The molecule has 4 aromatic rings. The number of benzene rings is 1. The van der Waals surface area contributed by atoms with Crippen LogP contribution in [0.4, 0.5) is 14.7 Å². The lowest BCUT2D eigenvalue weighted by Gasteiger charge is -2.27. The molecule has 1 amide bonds. The second kappa shape index (κ2) is 10.4. The molecule has 5 rings (SSSR count). The highest BCUT2D eigenvalue weighted by molar-refractivity contribution is 9.10. The monoisotopic (exact) mass is 580 g/mol. The number of alkyl halides is 2. The number of pyridine rings is 1. The molecule has 1 saturated carbocycles. The first-order chi connectivity index (χ1) is 18.3. The van der Waals surface area contributed by atoms with Crippen molar-refractivity contribution in [1.29, 1.82) is 5.26 Å². The molecule has 1 aromatic carbocycles. The smallest absolute Gasteiger partial charge is 0.239 e. The topological polar surface area (TPSA) is 121 Å². The summed E-state index contributed by atoms with van der Waals surface area (Å²) in [4.78, 5) is 25.6. The summed E-state index contributed by atoms with van der Waals surface area (Å²) < 4.78 is 28.7. The largest absolute Gasteiger partial charge is 0.359 e. The Kier molecular flexibility index (Phi) is 7.03. The van der Waals surface area contributed by atoms with Crippen molar-refractivity contribution in [3.63, 3.8) is 0 Å². The number of halogens is 3.